The lowest BCUT2D eigenvalue weighted by molar-refractivity contribution is -0.123. The third-order valence-electron chi connectivity index (χ3n) is 2.29. The van der Waals surface area contributed by atoms with E-state index in [2.05, 4.69) is 5.32 Å². The Bertz CT molecular complexity index is 193. The van der Waals surface area contributed by atoms with Gasteiger partial charge in [-0.05, 0) is 12.8 Å². The first-order valence-electron chi connectivity index (χ1n) is 4.29. The molecule has 1 aliphatic carbocycles. The van der Waals surface area contributed by atoms with Gasteiger partial charge in [0.2, 0.25) is 5.91 Å². The van der Waals surface area contributed by atoms with E-state index in [9.17, 15) is 9.18 Å². The number of hydrogen-bond donors (Lipinski definition) is 1. The van der Waals surface area contributed by atoms with Gasteiger partial charge in [0.25, 0.3) is 0 Å². The van der Waals surface area contributed by atoms with E-state index in [1.807, 2.05) is 0 Å². The Kier molecular flexibility index (Phi) is 2.00. The summed E-state index contributed by atoms with van der Waals surface area (Å²) in [4.78, 5) is 11.2. The van der Waals surface area contributed by atoms with Crippen LogP contribution in [0.4, 0.5) is 4.39 Å². The molecule has 1 aliphatic heterocycles. The molecule has 0 radical (unpaired) electrons. The Morgan fingerprint density at radius 3 is 2.67 bits per heavy atom. The first-order chi connectivity index (χ1) is 5.77. The van der Waals surface area contributed by atoms with Crippen molar-refractivity contribution in [2.75, 3.05) is 13.2 Å². The number of ether oxygens (including phenoxy) is 1. The molecular weight excluding hydrogens is 161 g/mol. The Hall–Kier alpha value is -0.640. The highest BCUT2D eigenvalue weighted by Gasteiger charge is 2.35. The van der Waals surface area contributed by atoms with Crippen molar-refractivity contribution in [1.29, 1.82) is 0 Å². The summed E-state index contributed by atoms with van der Waals surface area (Å²) < 4.78 is 17.8. The van der Waals surface area contributed by atoms with Crippen LogP contribution in [0.1, 0.15) is 12.8 Å². The molecule has 1 N–H and O–H groups in total. The number of rotatable bonds is 2. The first-order valence-corrected chi connectivity index (χ1v) is 4.29. The van der Waals surface area contributed by atoms with Crippen LogP contribution in [0.2, 0.25) is 0 Å². The molecule has 1 heterocycles. The average molecular weight is 173 g/mol. The van der Waals surface area contributed by atoms with Gasteiger partial charge in [0.15, 0.2) is 0 Å². The van der Waals surface area contributed by atoms with Gasteiger partial charge in [-0.15, -0.1) is 0 Å². The molecule has 12 heavy (non-hydrogen) atoms. The quantitative estimate of drug-likeness (QED) is 0.650. The topological polar surface area (TPSA) is 38.3 Å². The highest BCUT2D eigenvalue weighted by molar-refractivity contribution is 5.81. The van der Waals surface area contributed by atoms with E-state index in [1.165, 1.54) is 0 Å². The molecule has 1 saturated heterocycles. The molecular formula is C8H12FNO2. The van der Waals surface area contributed by atoms with Crippen LogP contribution in [0.5, 0.6) is 0 Å². The van der Waals surface area contributed by atoms with Gasteiger partial charge in [-0.3, -0.25) is 4.79 Å². The number of amides is 1. The van der Waals surface area contributed by atoms with E-state index in [0.717, 1.165) is 12.8 Å². The molecule has 2 unspecified atom stereocenters. The number of halogens is 1. The summed E-state index contributed by atoms with van der Waals surface area (Å²) in [6.45, 7) is 0.440. The maximum atomic E-state index is 12.9. The van der Waals surface area contributed by atoms with Gasteiger partial charge in [-0.25, -0.2) is 4.39 Å². The zero-order chi connectivity index (χ0) is 8.55. The molecule has 1 saturated carbocycles. The SMILES string of the molecule is O=C(NC1COCC1F)C1CC1. The van der Waals surface area contributed by atoms with Crippen LogP contribution < -0.4 is 5.32 Å². The predicted molar refractivity (Wildman–Crippen MR) is 40.4 cm³/mol. The Balaban J connectivity index is 1.80. The number of nitrogens with one attached hydrogen (secondary N) is 1. The third kappa shape index (κ3) is 1.58. The van der Waals surface area contributed by atoms with Gasteiger partial charge in [-0.1, -0.05) is 0 Å². The molecule has 0 aromatic carbocycles. The van der Waals surface area contributed by atoms with Crippen LogP contribution in [0, 0.1) is 5.92 Å². The second-order valence-electron chi connectivity index (χ2n) is 3.44. The van der Waals surface area contributed by atoms with Crippen molar-refractivity contribution in [3.8, 4) is 0 Å². The summed E-state index contributed by atoms with van der Waals surface area (Å²) in [6.07, 6.45) is 0.889. The summed E-state index contributed by atoms with van der Waals surface area (Å²) in [5.41, 5.74) is 0. The van der Waals surface area contributed by atoms with Crippen LogP contribution in [-0.2, 0) is 9.53 Å². The number of alkyl halides is 1. The van der Waals surface area contributed by atoms with E-state index in [-0.39, 0.29) is 18.4 Å². The minimum atomic E-state index is -1.02. The fraction of sp³-hybridized carbons (Fsp3) is 0.875. The fourth-order valence-corrected chi connectivity index (χ4v) is 1.31. The molecule has 0 aromatic rings. The molecule has 4 heteroatoms. The zero-order valence-electron chi connectivity index (χ0n) is 6.75. The molecule has 0 spiro atoms. The first kappa shape index (κ1) is 7.98. The standard InChI is InChI=1S/C8H12FNO2/c9-6-3-12-4-7(6)10-8(11)5-1-2-5/h5-7H,1-4H2,(H,10,11). The molecule has 68 valence electrons. The molecule has 2 aliphatic rings. The predicted octanol–water partition coefficient (Wildman–Crippen LogP) is 0.249. The lowest BCUT2D eigenvalue weighted by Crippen LogP contribution is -2.41. The summed E-state index contributed by atoms with van der Waals surface area (Å²) >= 11 is 0. The number of carbonyl (C=O) groups excluding carboxylic acids is 1. The van der Waals surface area contributed by atoms with Crippen LogP contribution in [0.25, 0.3) is 0 Å². The van der Waals surface area contributed by atoms with Crippen molar-refractivity contribution in [1.82, 2.24) is 5.32 Å². The largest absolute Gasteiger partial charge is 0.376 e. The van der Waals surface area contributed by atoms with Crippen LogP contribution >= 0.6 is 0 Å². The summed E-state index contributed by atoms with van der Waals surface area (Å²) in [7, 11) is 0. The molecule has 3 nitrogen and oxygen atoms in total. The molecule has 2 atom stereocenters. The van der Waals surface area contributed by atoms with Gasteiger partial charge in [0.05, 0.1) is 19.3 Å². The molecule has 0 bridgehead atoms. The summed E-state index contributed by atoms with van der Waals surface area (Å²) in [6, 6.07) is -0.405. The Labute approximate surface area is 70.3 Å². The summed E-state index contributed by atoms with van der Waals surface area (Å²) in [5.74, 6) is 0.144. The van der Waals surface area contributed by atoms with E-state index < -0.39 is 12.2 Å². The van der Waals surface area contributed by atoms with Gasteiger partial charge in [-0.2, -0.15) is 0 Å². The lowest BCUT2D eigenvalue weighted by atomic mass is 10.2. The monoisotopic (exact) mass is 173 g/mol. The fourth-order valence-electron chi connectivity index (χ4n) is 1.31. The van der Waals surface area contributed by atoms with E-state index >= 15 is 0 Å². The maximum absolute atomic E-state index is 12.9. The van der Waals surface area contributed by atoms with Crippen LogP contribution in [0.15, 0.2) is 0 Å². The normalized spacial score (nSPS) is 35.1. The molecule has 2 rings (SSSR count). The average Bonchev–Trinajstić information content (AvgIpc) is 2.80. The zero-order valence-corrected chi connectivity index (χ0v) is 6.75. The van der Waals surface area contributed by atoms with E-state index in [4.69, 9.17) is 4.74 Å². The van der Waals surface area contributed by atoms with Crippen molar-refractivity contribution >= 4 is 5.91 Å². The van der Waals surface area contributed by atoms with Crippen molar-refractivity contribution in [2.24, 2.45) is 5.92 Å². The Morgan fingerprint density at radius 2 is 2.17 bits per heavy atom. The number of carbonyl (C=O) groups is 1. The minimum absolute atomic E-state index is 0.00634. The van der Waals surface area contributed by atoms with Crippen molar-refractivity contribution < 1.29 is 13.9 Å². The second-order valence-corrected chi connectivity index (χ2v) is 3.44. The van der Waals surface area contributed by atoms with Gasteiger partial charge in [0, 0.05) is 5.92 Å². The highest BCUT2D eigenvalue weighted by atomic mass is 19.1. The maximum Gasteiger partial charge on any atom is 0.223 e. The smallest absolute Gasteiger partial charge is 0.223 e. The summed E-state index contributed by atoms with van der Waals surface area (Å²) in [5, 5.41) is 2.65. The Morgan fingerprint density at radius 1 is 1.42 bits per heavy atom. The van der Waals surface area contributed by atoms with Gasteiger partial charge in [0.1, 0.15) is 6.17 Å². The van der Waals surface area contributed by atoms with Crippen LogP contribution in [-0.4, -0.2) is 31.3 Å². The van der Waals surface area contributed by atoms with Gasteiger partial charge < -0.3 is 10.1 Å². The molecule has 2 fully saturated rings. The van der Waals surface area contributed by atoms with Crippen molar-refractivity contribution in [2.45, 2.75) is 25.1 Å². The lowest BCUT2D eigenvalue weighted by Gasteiger charge is -2.12. The third-order valence-corrected chi connectivity index (χ3v) is 2.29. The molecule has 0 aromatic heterocycles. The van der Waals surface area contributed by atoms with E-state index in [0.29, 0.717) is 6.61 Å². The van der Waals surface area contributed by atoms with Gasteiger partial charge >= 0.3 is 0 Å². The minimum Gasteiger partial charge on any atom is -0.376 e. The highest BCUT2D eigenvalue weighted by Crippen LogP contribution is 2.29. The second kappa shape index (κ2) is 3.01. The van der Waals surface area contributed by atoms with Crippen molar-refractivity contribution in [3.05, 3.63) is 0 Å². The van der Waals surface area contributed by atoms with Crippen molar-refractivity contribution in [3.63, 3.8) is 0 Å². The molecule has 1 amide bonds. The number of hydrogen-bond acceptors (Lipinski definition) is 2. The van der Waals surface area contributed by atoms with E-state index in [1.54, 1.807) is 0 Å². The van der Waals surface area contributed by atoms with Crippen LogP contribution in [0.3, 0.4) is 0 Å².